The Morgan fingerprint density at radius 1 is 1.40 bits per heavy atom. The average Bonchev–Trinajstić information content (AvgIpc) is 2.50. The van der Waals surface area contributed by atoms with Crippen molar-refractivity contribution in [1.29, 1.82) is 0 Å². The number of likely N-dealkylation sites (tertiary alicyclic amines) is 1. The molecule has 88 valence electrons. The standard InChI is InChI=1S/C10H18N2O.C2H6/c1-8-7-9(11)10(13-8)3-5-12(2)6-4-10;1-2/h7-8H,3-6,11H2,1-2H3;1-2H3. The normalized spacial score (nSPS) is 29.6. The van der Waals surface area contributed by atoms with E-state index in [1.54, 1.807) is 0 Å². The van der Waals surface area contributed by atoms with Crippen LogP contribution in [0.15, 0.2) is 11.8 Å². The van der Waals surface area contributed by atoms with Crippen LogP contribution in [0, 0.1) is 0 Å². The summed E-state index contributed by atoms with van der Waals surface area (Å²) in [6.07, 6.45) is 4.32. The van der Waals surface area contributed by atoms with Crippen LogP contribution in [-0.2, 0) is 4.74 Å². The van der Waals surface area contributed by atoms with Crippen molar-refractivity contribution < 1.29 is 4.74 Å². The molecule has 1 spiro atoms. The predicted octanol–water partition coefficient (Wildman–Crippen LogP) is 1.74. The van der Waals surface area contributed by atoms with Gasteiger partial charge < -0.3 is 15.4 Å². The second kappa shape index (κ2) is 4.99. The third-order valence-electron chi connectivity index (χ3n) is 3.15. The van der Waals surface area contributed by atoms with Crippen molar-refractivity contribution >= 4 is 0 Å². The van der Waals surface area contributed by atoms with Crippen LogP contribution in [0.1, 0.15) is 33.6 Å². The number of rotatable bonds is 0. The summed E-state index contributed by atoms with van der Waals surface area (Å²) in [4.78, 5) is 2.32. The molecule has 0 aromatic heterocycles. The average molecular weight is 212 g/mol. The molecule has 2 aliphatic heterocycles. The third-order valence-corrected chi connectivity index (χ3v) is 3.15. The maximum absolute atomic E-state index is 6.00. The molecule has 0 aromatic carbocycles. The Balaban J connectivity index is 0.000000531. The smallest absolute Gasteiger partial charge is 0.110 e. The van der Waals surface area contributed by atoms with Gasteiger partial charge in [0, 0.05) is 18.8 Å². The Labute approximate surface area is 93.3 Å². The Bertz CT molecular complexity index is 230. The van der Waals surface area contributed by atoms with E-state index >= 15 is 0 Å². The van der Waals surface area contributed by atoms with Crippen LogP contribution in [0.25, 0.3) is 0 Å². The molecule has 0 aromatic rings. The minimum absolute atomic E-state index is 0.119. The number of nitrogens with two attached hydrogens (primary N) is 1. The summed E-state index contributed by atoms with van der Waals surface area (Å²) in [6.45, 7) is 8.22. The number of hydrogen-bond acceptors (Lipinski definition) is 3. The highest BCUT2D eigenvalue weighted by atomic mass is 16.5. The molecule has 2 heterocycles. The lowest BCUT2D eigenvalue weighted by molar-refractivity contribution is -0.0575. The number of piperidine rings is 1. The summed E-state index contributed by atoms with van der Waals surface area (Å²) in [5.41, 5.74) is 6.83. The molecule has 0 radical (unpaired) electrons. The van der Waals surface area contributed by atoms with Gasteiger partial charge in [0.1, 0.15) is 5.60 Å². The molecular weight excluding hydrogens is 188 g/mol. The van der Waals surface area contributed by atoms with Crippen LogP contribution >= 0.6 is 0 Å². The molecule has 3 nitrogen and oxygen atoms in total. The Morgan fingerprint density at radius 2 is 1.93 bits per heavy atom. The zero-order valence-corrected chi connectivity index (χ0v) is 10.4. The number of nitrogens with zero attached hydrogens (tertiary/aromatic N) is 1. The van der Waals surface area contributed by atoms with Crippen LogP contribution < -0.4 is 5.73 Å². The molecule has 0 amide bonds. The molecule has 1 saturated heterocycles. The van der Waals surface area contributed by atoms with Crippen molar-refractivity contribution in [3.8, 4) is 0 Å². The lowest BCUT2D eigenvalue weighted by atomic mass is 9.89. The number of hydrogen-bond donors (Lipinski definition) is 1. The zero-order valence-electron chi connectivity index (χ0n) is 10.4. The van der Waals surface area contributed by atoms with Gasteiger partial charge in [-0.3, -0.25) is 0 Å². The summed E-state index contributed by atoms with van der Waals surface area (Å²) in [5.74, 6) is 0. The van der Waals surface area contributed by atoms with Gasteiger partial charge in [0.2, 0.25) is 0 Å². The molecule has 15 heavy (non-hydrogen) atoms. The lowest BCUT2D eigenvalue weighted by Gasteiger charge is -2.38. The van der Waals surface area contributed by atoms with E-state index in [4.69, 9.17) is 10.5 Å². The lowest BCUT2D eigenvalue weighted by Crippen LogP contribution is -2.46. The molecule has 0 bridgehead atoms. The maximum atomic E-state index is 6.00. The third kappa shape index (κ3) is 2.52. The van der Waals surface area contributed by atoms with Crippen molar-refractivity contribution in [1.82, 2.24) is 4.90 Å². The highest BCUT2D eigenvalue weighted by Crippen LogP contribution is 2.36. The van der Waals surface area contributed by atoms with Crippen LogP contribution in [0.3, 0.4) is 0 Å². The van der Waals surface area contributed by atoms with E-state index < -0.39 is 0 Å². The van der Waals surface area contributed by atoms with Crippen molar-refractivity contribution in [2.45, 2.75) is 45.3 Å². The molecule has 1 fully saturated rings. The molecule has 1 unspecified atom stereocenters. The van der Waals surface area contributed by atoms with E-state index in [1.165, 1.54) is 0 Å². The van der Waals surface area contributed by atoms with Gasteiger partial charge in [-0.05, 0) is 32.9 Å². The maximum Gasteiger partial charge on any atom is 0.110 e. The van der Waals surface area contributed by atoms with E-state index in [9.17, 15) is 0 Å². The van der Waals surface area contributed by atoms with Gasteiger partial charge in [0.05, 0.1) is 6.10 Å². The Morgan fingerprint density at radius 3 is 2.33 bits per heavy atom. The van der Waals surface area contributed by atoms with Gasteiger partial charge in [-0.25, -0.2) is 0 Å². The first kappa shape index (κ1) is 12.5. The largest absolute Gasteiger partial charge is 0.400 e. The summed E-state index contributed by atoms with van der Waals surface area (Å²) in [7, 11) is 2.14. The second-order valence-electron chi connectivity index (χ2n) is 4.24. The van der Waals surface area contributed by atoms with Gasteiger partial charge in [0.25, 0.3) is 0 Å². The first-order chi connectivity index (χ1) is 7.12. The van der Waals surface area contributed by atoms with E-state index in [1.807, 2.05) is 19.9 Å². The molecule has 0 saturated carbocycles. The van der Waals surface area contributed by atoms with Gasteiger partial charge in [-0.2, -0.15) is 0 Å². The summed E-state index contributed by atoms with van der Waals surface area (Å²) in [5, 5.41) is 0. The predicted molar refractivity (Wildman–Crippen MR) is 63.6 cm³/mol. The summed E-state index contributed by atoms with van der Waals surface area (Å²) < 4.78 is 5.91. The Kier molecular flexibility index (Phi) is 4.17. The van der Waals surface area contributed by atoms with Crippen LogP contribution in [0.4, 0.5) is 0 Å². The van der Waals surface area contributed by atoms with Gasteiger partial charge in [0.15, 0.2) is 0 Å². The SMILES string of the molecule is CC.CC1C=C(N)C2(CCN(C)CC2)O1. The Hall–Kier alpha value is -0.540. The van der Waals surface area contributed by atoms with Crippen molar-refractivity contribution in [2.75, 3.05) is 20.1 Å². The topological polar surface area (TPSA) is 38.5 Å². The van der Waals surface area contributed by atoms with E-state index in [0.29, 0.717) is 0 Å². The van der Waals surface area contributed by atoms with Crippen molar-refractivity contribution in [3.63, 3.8) is 0 Å². The molecular formula is C12H24N2O. The minimum atomic E-state index is -0.119. The fraction of sp³-hybridized carbons (Fsp3) is 0.833. The number of ether oxygens (including phenoxy) is 1. The molecule has 3 heteroatoms. The quantitative estimate of drug-likeness (QED) is 0.664. The monoisotopic (exact) mass is 212 g/mol. The highest BCUT2D eigenvalue weighted by Gasteiger charge is 2.41. The van der Waals surface area contributed by atoms with Gasteiger partial charge in [-0.1, -0.05) is 13.8 Å². The summed E-state index contributed by atoms with van der Waals surface area (Å²) >= 11 is 0. The molecule has 1 atom stereocenters. The van der Waals surface area contributed by atoms with Crippen molar-refractivity contribution in [3.05, 3.63) is 11.8 Å². The molecule has 2 N–H and O–H groups in total. The summed E-state index contributed by atoms with van der Waals surface area (Å²) in [6, 6.07) is 0. The second-order valence-corrected chi connectivity index (χ2v) is 4.24. The minimum Gasteiger partial charge on any atom is -0.400 e. The van der Waals surface area contributed by atoms with Crippen molar-refractivity contribution in [2.24, 2.45) is 5.73 Å². The van der Waals surface area contributed by atoms with Crippen LogP contribution in [0.5, 0.6) is 0 Å². The fourth-order valence-corrected chi connectivity index (χ4v) is 2.25. The van der Waals surface area contributed by atoms with E-state index in [0.717, 1.165) is 31.6 Å². The zero-order chi connectivity index (χ0) is 11.5. The van der Waals surface area contributed by atoms with Crippen LogP contribution in [-0.4, -0.2) is 36.7 Å². The first-order valence-corrected chi connectivity index (χ1v) is 5.96. The highest BCUT2D eigenvalue weighted by molar-refractivity contribution is 5.22. The van der Waals surface area contributed by atoms with Gasteiger partial charge in [-0.15, -0.1) is 0 Å². The fourth-order valence-electron chi connectivity index (χ4n) is 2.25. The van der Waals surface area contributed by atoms with Gasteiger partial charge >= 0.3 is 0 Å². The van der Waals surface area contributed by atoms with Crippen LogP contribution in [0.2, 0.25) is 0 Å². The molecule has 2 aliphatic rings. The molecule has 0 aliphatic carbocycles. The first-order valence-electron chi connectivity index (χ1n) is 5.96. The van der Waals surface area contributed by atoms with E-state index in [2.05, 4.69) is 18.9 Å². The van der Waals surface area contributed by atoms with E-state index in [-0.39, 0.29) is 11.7 Å². The molecule has 2 rings (SSSR count).